The van der Waals surface area contributed by atoms with Crippen molar-refractivity contribution in [3.63, 3.8) is 0 Å². The summed E-state index contributed by atoms with van der Waals surface area (Å²) >= 11 is 0. The molecule has 1 fully saturated rings. The van der Waals surface area contributed by atoms with Gasteiger partial charge < -0.3 is 19.5 Å². The second kappa shape index (κ2) is 10.5. The average molecular weight is 541 g/mol. The Hall–Kier alpha value is -3.85. The van der Waals surface area contributed by atoms with E-state index in [9.17, 15) is 8.42 Å². The predicted molar refractivity (Wildman–Crippen MR) is 140 cm³/mol. The maximum Gasteiger partial charge on any atom is 0.277 e. The third-order valence-corrected chi connectivity index (χ3v) is 7.21. The Balaban J connectivity index is 1.79. The fraction of sp³-hybridized carbons (Fsp3) is 0.333. The van der Waals surface area contributed by atoms with E-state index >= 15 is 0 Å². The predicted octanol–water partition coefficient (Wildman–Crippen LogP) is 1.44. The lowest BCUT2D eigenvalue weighted by Gasteiger charge is -2.33. The normalized spacial score (nSPS) is 16.5. The molecule has 1 aliphatic rings. The highest BCUT2D eigenvalue weighted by atomic mass is 32.2. The number of benzene rings is 1. The molecule has 4 heterocycles. The number of methoxy groups -OCH3 is 2. The van der Waals surface area contributed by atoms with Crippen LogP contribution in [0, 0.1) is 0 Å². The number of nitrogens with zero attached hydrogens (tertiary/aromatic N) is 6. The third-order valence-electron chi connectivity index (χ3n) is 6.12. The summed E-state index contributed by atoms with van der Waals surface area (Å²) in [5, 5.41) is 8.72. The molecule has 0 bridgehead atoms. The van der Waals surface area contributed by atoms with Crippen LogP contribution in [-0.2, 0) is 10.2 Å². The van der Waals surface area contributed by atoms with E-state index in [0.717, 1.165) is 0 Å². The number of hydrogen-bond donors (Lipinski definition) is 2. The molecule has 0 spiro atoms. The van der Waals surface area contributed by atoms with Crippen LogP contribution in [0.5, 0.6) is 17.4 Å². The molecular weight excluding hydrogens is 512 g/mol. The maximum atomic E-state index is 12.3. The topological polar surface area (TPSA) is 160 Å². The van der Waals surface area contributed by atoms with E-state index < -0.39 is 16.3 Å². The van der Waals surface area contributed by atoms with Gasteiger partial charge >= 0.3 is 0 Å². The van der Waals surface area contributed by atoms with Gasteiger partial charge in [-0.25, -0.2) is 25.1 Å². The number of aromatic nitrogens is 5. The van der Waals surface area contributed by atoms with Gasteiger partial charge in [0.05, 0.1) is 38.8 Å². The highest BCUT2D eigenvalue weighted by Crippen LogP contribution is 2.38. The number of fused-ring (bicyclic) bond motifs is 1. The molecule has 14 heteroatoms. The van der Waals surface area contributed by atoms with Gasteiger partial charge in [0.25, 0.3) is 10.2 Å². The lowest BCUT2D eigenvalue weighted by Crippen LogP contribution is -2.51. The number of nitrogens with two attached hydrogens (primary N) is 1. The fourth-order valence-corrected chi connectivity index (χ4v) is 5.35. The summed E-state index contributed by atoms with van der Waals surface area (Å²) in [7, 11) is -0.858. The molecule has 38 heavy (non-hydrogen) atoms. The Morgan fingerprint density at radius 3 is 2.50 bits per heavy atom. The SMILES string of the molecule is CCOc1cccc(-c2nc3ncc(C4CNCCN4S(N)(=O)=O)nc3n2-c2c(OC)cccc2OC)n1. The molecule has 5 rings (SSSR count). The molecule has 3 aromatic heterocycles. The first kappa shape index (κ1) is 25.8. The Kier molecular flexibility index (Phi) is 7.12. The van der Waals surface area contributed by atoms with Crippen LogP contribution in [0.15, 0.2) is 42.6 Å². The van der Waals surface area contributed by atoms with Crippen molar-refractivity contribution in [1.29, 1.82) is 0 Å². The first-order valence-electron chi connectivity index (χ1n) is 11.9. The lowest BCUT2D eigenvalue weighted by atomic mass is 10.2. The van der Waals surface area contributed by atoms with Gasteiger partial charge in [0.1, 0.15) is 22.9 Å². The van der Waals surface area contributed by atoms with Crippen LogP contribution in [0.1, 0.15) is 18.7 Å². The van der Waals surface area contributed by atoms with E-state index in [1.165, 1.54) is 10.5 Å². The number of ether oxygens (including phenoxy) is 3. The van der Waals surface area contributed by atoms with Gasteiger partial charge in [-0.1, -0.05) is 12.1 Å². The summed E-state index contributed by atoms with van der Waals surface area (Å²) in [5.41, 5.74) is 2.15. The van der Waals surface area contributed by atoms with Gasteiger partial charge in [0.2, 0.25) is 5.88 Å². The molecule has 200 valence electrons. The largest absolute Gasteiger partial charge is 0.494 e. The fourth-order valence-electron chi connectivity index (χ4n) is 4.47. The molecule has 13 nitrogen and oxygen atoms in total. The Labute approximate surface area is 219 Å². The number of para-hydroxylation sites is 1. The average Bonchev–Trinajstić information content (AvgIpc) is 3.31. The second-order valence-electron chi connectivity index (χ2n) is 8.39. The van der Waals surface area contributed by atoms with Gasteiger partial charge in [0.15, 0.2) is 17.1 Å². The number of rotatable bonds is 8. The van der Waals surface area contributed by atoms with Crippen molar-refractivity contribution in [1.82, 2.24) is 34.1 Å². The van der Waals surface area contributed by atoms with Crippen molar-refractivity contribution in [2.75, 3.05) is 40.5 Å². The van der Waals surface area contributed by atoms with Crippen molar-refractivity contribution in [2.45, 2.75) is 13.0 Å². The molecule has 1 aromatic carbocycles. The zero-order valence-corrected chi connectivity index (χ0v) is 22.0. The lowest BCUT2D eigenvalue weighted by molar-refractivity contribution is 0.267. The number of hydrogen-bond acceptors (Lipinski definition) is 10. The van der Waals surface area contributed by atoms with Crippen molar-refractivity contribution in [2.24, 2.45) is 5.14 Å². The van der Waals surface area contributed by atoms with Crippen molar-refractivity contribution in [3.8, 4) is 34.6 Å². The molecule has 0 amide bonds. The zero-order chi connectivity index (χ0) is 26.9. The quantitative estimate of drug-likeness (QED) is 0.335. The number of imidazole rings is 1. The molecule has 0 radical (unpaired) electrons. The highest BCUT2D eigenvalue weighted by Gasteiger charge is 2.33. The van der Waals surface area contributed by atoms with Crippen LogP contribution in [0.3, 0.4) is 0 Å². The van der Waals surface area contributed by atoms with Crippen LogP contribution in [0.2, 0.25) is 0 Å². The maximum absolute atomic E-state index is 12.3. The minimum Gasteiger partial charge on any atom is -0.494 e. The Morgan fingerprint density at radius 1 is 1.08 bits per heavy atom. The van der Waals surface area contributed by atoms with E-state index in [0.29, 0.717) is 71.3 Å². The highest BCUT2D eigenvalue weighted by molar-refractivity contribution is 7.86. The number of nitrogens with one attached hydrogen (secondary N) is 1. The van der Waals surface area contributed by atoms with Gasteiger partial charge in [-0.2, -0.15) is 12.7 Å². The first-order chi connectivity index (χ1) is 18.4. The summed E-state index contributed by atoms with van der Waals surface area (Å²) in [5.74, 6) is 1.87. The standard InChI is InChI=1S/C24H28N8O5S/c1-4-37-20-10-5-7-15(28-20)23-30-22-24(32(23)21-18(35-2)8-6-9-19(21)36-3)29-16(13-27-22)17-14-26-11-12-31(17)38(25,33)34/h5-10,13,17,26H,4,11-12,14H2,1-3H3,(H2,25,33,34). The summed E-state index contributed by atoms with van der Waals surface area (Å²) in [6.45, 7) is 3.35. The zero-order valence-electron chi connectivity index (χ0n) is 21.2. The molecule has 4 aromatic rings. The van der Waals surface area contributed by atoms with E-state index in [4.69, 9.17) is 29.3 Å². The summed E-state index contributed by atoms with van der Waals surface area (Å²) in [6, 6.07) is 10.1. The van der Waals surface area contributed by atoms with Crippen molar-refractivity contribution < 1.29 is 22.6 Å². The summed E-state index contributed by atoms with van der Waals surface area (Å²) in [6.07, 6.45) is 1.52. The van der Waals surface area contributed by atoms with Gasteiger partial charge in [-0.05, 0) is 25.1 Å². The van der Waals surface area contributed by atoms with Crippen LogP contribution in [0.25, 0.3) is 28.5 Å². The van der Waals surface area contributed by atoms with Crippen molar-refractivity contribution >= 4 is 21.5 Å². The van der Waals surface area contributed by atoms with Crippen molar-refractivity contribution in [3.05, 3.63) is 48.3 Å². The molecule has 1 unspecified atom stereocenters. The van der Waals surface area contributed by atoms with E-state index in [1.54, 1.807) is 43.1 Å². The van der Waals surface area contributed by atoms with Crippen LogP contribution >= 0.6 is 0 Å². The van der Waals surface area contributed by atoms with Crippen LogP contribution in [-0.4, -0.2) is 77.7 Å². The minimum atomic E-state index is -3.97. The Morgan fingerprint density at radius 2 is 1.82 bits per heavy atom. The van der Waals surface area contributed by atoms with E-state index in [-0.39, 0.29) is 6.54 Å². The second-order valence-corrected chi connectivity index (χ2v) is 9.89. The smallest absolute Gasteiger partial charge is 0.277 e. The van der Waals surface area contributed by atoms with Crippen LogP contribution in [0.4, 0.5) is 0 Å². The third kappa shape index (κ3) is 4.74. The molecule has 1 atom stereocenters. The molecular formula is C24H28N8O5S. The van der Waals surface area contributed by atoms with Crippen LogP contribution < -0.4 is 24.7 Å². The number of piperazine rings is 1. The Bertz CT molecular complexity index is 1550. The molecule has 1 saturated heterocycles. The van der Waals surface area contributed by atoms with Gasteiger partial charge in [0, 0.05) is 25.7 Å². The monoisotopic (exact) mass is 540 g/mol. The van der Waals surface area contributed by atoms with Gasteiger partial charge in [-0.15, -0.1) is 0 Å². The molecule has 0 saturated carbocycles. The molecule has 3 N–H and O–H groups in total. The van der Waals surface area contributed by atoms with E-state index in [1.807, 2.05) is 19.1 Å². The molecule has 0 aliphatic carbocycles. The summed E-state index contributed by atoms with van der Waals surface area (Å²) in [4.78, 5) is 18.8. The summed E-state index contributed by atoms with van der Waals surface area (Å²) < 4.78 is 44.6. The van der Waals surface area contributed by atoms with E-state index in [2.05, 4.69) is 15.3 Å². The minimum absolute atomic E-state index is 0.211. The first-order valence-corrected chi connectivity index (χ1v) is 13.4. The molecule has 1 aliphatic heterocycles. The van der Waals surface area contributed by atoms with Gasteiger partial charge in [-0.3, -0.25) is 4.57 Å². The number of pyridine rings is 1.